The van der Waals surface area contributed by atoms with Gasteiger partial charge in [0.1, 0.15) is 6.79 Å². The summed E-state index contributed by atoms with van der Waals surface area (Å²) >= 11 is 1.30. The molecule has 0 aliphatic carbocycles. The number of nitrogens with zero attached hydrogens (tertiary/aromatic N) is 3. The van der Waals surface area contributed by atoms with Crippen LogP contribution in [0.15, 0.2) is 54.6 Å². The van der Waals surface area contributed by atoms with Gasteiger partial charge in [-0.25, -0.2) is 4.39 Å². The molecule has 5 rings (SSSR count). The minimum atomic E-state index is -2.64. The number of likely N-dealkylation sites (N-methyl/N-ethyl adjacent to an activating group) is 1. The van der Waals surface area contributed by atoms with E-state index in [1.54, 1.807) is 19.2 Å². The molecular formula is C41H64FN4O5PS. The molecule has 3 aromatic rings. The van der Waals surface area contributed by atoms with Crippen LogP contribution in [0.3, 0.4) is 0 Å². The van der Waals surface area contributed by atoms with Gasteiger partial charge in [0.2, 0.25) is 14.3 Å². The van der Waals surface area contributed by atoms with E-state index in [9.17, 15) is 14.0 Å². The first-order valence-corrected chi connectivity index (χ1v) is 20.8. The number of carbonyl (C=O) groups is 3. The normalized spacial score (nSPS) is 17.2. The average Bonchev–Trinajstić information content (AvgIpc) is 3.97. The number of nitrogens with one attached hydrogen (secondary N) is 1. The van der Waals surface area contributed by atoms with Gasteiger partial charge in [0, 0.05) is 50.3 Å². The second-order valence-electron chi connectivity index (χ2n) is 12.8. The molecule has 2 aliphatic rings. The van der Waals surface area contributed by atoms with Crippen LogP contribution in [0.5, 0.6) is 0 Å². The molecule has 9 nitrogen and oxygen atoms in total. The fourth-order valence-corrected chi connectivity index (χ4v) is 7.20. The lowest BCUT2D eigenvalue weighted by Gasteiger charge is -2.17. The minimum absolute atomic E-state index is 0.155. The van der Waals surface area contributed by atoms with E-state index in [0.29, 0.717) is 16.7 Å². The summed E-state index contributed by atoms with van der Waals surface area (Å²) in [6.45, 7) is 20.7. The van der Waals surface area contributed by atoms with Crippen molar-refractivity contribution in [2.45, 2.75) is 92.4 Å². The number of fused-ring (bicyclic) bond motifs is 1. The van der Waals surface area contributed by atoms with Crippen molar-refractivity contribution >= 4 is 48.4 Å². The third-order valence-corrected chi connectivity index (χ3v) is 10.8. The number of halogens is 1. The van der Waals surface area contributed by atoms with Crippen LogP contribution in [0.4, 0.5) is 4.39 Å². The second-order valence-corrected chi connectivity index (χ2v) is 15.0. The van der Waals surface area contributed by atoms with Crippen molar-refractivity contribution in [3.8, 4) is 6.07 Å². The van der Waals surface area contributed by atoms with Crippen molar-refractivity contribution in [1.29, 1.82) is 5.26 Å². The van der Waals surface area contributed by atoms with Crippen LogP contribution in [0.1, 0.15) is 113 Å². The lowest BCUT2D eigenvalue weighted by molar-refractivity contribution is -0.130. The molecule has 0 radical (unpaired) electrons. The van der Waals surface area contributed by atoms with Gasteiger partial charge in [0.05, 0.1) is 16.9 Å². The molecule has 2 amide bonds. The smallest absolute Gasteiger partial charge is 0.261 e. The third kappa shape index (κ3) is 17.2. The van der Waals surface area contributed by atoms with Crippen molar-refractivity contribution < 1.29 is 28.6 Å². The molecule has 4 unspecified atom stereocenters. The molecule has 3 N–H and O–H groups in total. The monoisotopic (exact) mass is 774 g/mol. The lowest BCUT2D eigenvalue weighted by Crippen LogP contribution is -2.27. The Hall–Kier alpha value is -3.26. The van der Waals surface area contributed by atoms with E-state index >= 15 is 0 Å². The molecule has 0 saturated carbocycles. The summed E-state index contributed by atoms with van der Waals surface area (Å²) in [6, 6.07) is 19.1. The lowest BCUT2D eigenvalue weighted by atomic mass is 9.90. The number of rotatable bonds is 9. The fraction of sp³-hybridized carbons (Fsp3) is 0.561. The largest absolute Gasteiger partial charge is 0.354 e. The Labute approximate surface area is 323 Å². The van der Waals surface area contributed by atoms with Crippen LogP contribution < -0.4 is 5.32 Å². The standard InChI is InChI=1S/C13H25NO.C12H14N2.C11H11FNO3PS.2C2H6.CH2O/c1-11(2)12(3)7-6-8-13(15)14-9-4-5-10-14;1-14-8-11(7-13)12(9-14)10-5-3-2-4-6-10;1-13-11(14)9-5-7-4-6(10(12)17(15)16)2-3-8(7)18-9;3*1-2/h11-12H,4-10H2,1-3H3;2-6,11-12H,8-9H2,1H3;2-5,10,15-16H,1H3,(H,13,14);2*1-2H3;1H2. The van der Waals surface area contributed by atoms with Crippen molar-refractivity contribution in [3.63, 3.8) is 0 Å². The maximum atomic E-state index is 13.5. The molecule has 2 saturated heterocycles. The van der Waals surface area contributed by atoms with Crippen LogP contribution >= 0.6 is 19.7 Å². The summed E-state index contributed by atoms with van der Waals surface area (Å²) < 4.78 is 14.3. The molecule has 12 heteroatoms. The van der Waals surface area contributed by atoms with Gasteiger partial charge in [-0.3, -0.25) is 9.59 Å². The quantitative estimate of drug-likeness (QED) is 0.185. The number of amides is 2. The van der Waals surface area contributed by atoms with Gasteiger partial charge in [-0.2, -0.15) is 5.26 Å². The van der Waals surface area contributed by atoms with Crippen LogP contribution in [0, 0.1) is 29.1 Å². The molecule has 3 heterocycles. The average molecular weight is 775 g/mol. The first-order valence-electron chi connectivity index (χ1n) is 18.7. The molecule has 296 valence electrons. The van der Waals surface area contributed by atoms with E-state index in [4.69, 9.17) is 19.8 Å². The summed E-state index contributed by atoms with van der Waals surface area (Å²) in [5, 5.41) is 12.3. The number of benzene rings is 2. The zero-order chi connectivity index (χ0) is 40.5. The summed E-state index contributed by atoms with van der Waals surface area (Å²) in [7, 11) is 0.974. The topological polar surface area (TPSA) is 134 Å². The van der Waals surface area contributed by atoms with Gasteiger partial charge in [0.15, 0.2) is 5.91 Å². The number of alkyl halides is 1. The molecule has 0 spiro atoms. The van der Waals surface area contributed by atoms with Crippen molar-refractivity contribution in [1.82, 2.24) is 15.1 Å². The van der Waals surface area contributed by atoms with Gasteiger partial charge in [0.25, 0.3) is 5.91 Å². The molecule has 2 fully saturated rings. The first-order chi connectivity index (χ1) is 25.4. The van der Waals surface area contributed by atoms with Crippen molar-refractivity contribution in [3.05, 3.63) is 70.6 Å². The molecule has 1 aromatic heterocycles. The Morgan fingerprint density at radius 1 is 1.02 bits per heavy atom. The molecule has 53 heavy (non-hydrogen) atoms. The van der Waals surface area contributed by atoms with Gasteiger partial charge in [-0.05, 0) is 79.3 Å². The summed E-state index contributed by atoms with van der Waals surface area (Å²) in [5.74, 6) is 0.439. The van der Waals surface area contributed by atoms with Gasteiger partial charge < -0.3 is 29.7 Å². The summed E-state index contributed by atoms with van der Waals surface area (Å²) in [5.41, 5.74) is 1.50. The number of thiophene rings is 1. The minimum Gasteiger partial charge on any atom is -0.354 e. The van der Waals surface area contributed by atoms with E-state index in [2.05, 4.69) is 56.2 Å². The van der Waals surface area contributed by atoms with Crippen LogP contribution in [0.25, 0.3) is 10.1 Å². The number of hydrogen-bond acceptors (Lipinski definition) is 8. The third-order valence-electron chi connectivity index (χ3n) is 9.01. The SMILES string of the molecule is C=O.CC.CC.CC(C)C(C)CCCC(=O)N1CCCC1.CN1CC(C#N)C(c2ccccc2)C1.CNC(=O)c1cc2cc(C(F)P(O)O)ccc2s1. The molecule has 4 atom stereocenters. The van der Waals surface area contributed by atoms with Crippen molar-refractivity contribution in [2.24, 2.45) is 17.8 Å². The first kappa shape index (κ1) is 49.7. The summed E-state index contributed by atoms with van der Waals surface area (Å²) in [4.78, 5) is 53.7. The Balaban J connectivity index is 0.000000718. The predicted octanol–water partition coefficient (Wildman–Crippen LogP) is 9.32. The van der Waals surface area contributed by atoms with E-state index in [-0.39, 0.29) is 17.4 Å². The molecule has 2 aliphatic heterocycles. The Kier molecular flexibility index (Phi) is 26.5. The summed E-state index contributed by atoms with van der Waals surface area (Å²) in [6.07, 6.45) is 5.42. The zero-order valence-corrected chi connectivity index (χ0v) is 35.1. The number of likely N-dealkylation sites (tertiary alicyclic amines) is 2. The van der Waals surface area contributed by atoms with Crippen LogP contribution in [0.2, 0.25) is 0 Å². The number of hydrogen-bond donors (Lipinski definition) is 3. The highest BCUT2D eigenvalue weighted by Gasteiger charge is 2.31. The number of carbonyl (C=O) groups excluding carboxylic acids is 3. The molecule has 2 aromatic carbocycles. The Morgan fingerprint density at radius 2 is 1.62 bits per heavy atom. The maximum absolute atomic E-state index is 13.5. The highest BCUT2D eigenvalue weighted by atomic mass is 32.1. The highest BCUT2D eigenvalue weighted by Crippen LogP contribution is 2.45. The predicted molar refractivity (Wildman–Crippen MR) is 220 cm³/mol. The van der Waals surface area contributed by atoms with Crippen molar-refractivity contribution in [2.75, 3.05) is 40.3 Å². The Bertz CT molecular complexity index is 1480. The van der Waals surface area contributed by atoms with E-state index in [1.165, 1.54) is 48.3 Å². The number of nitriles is 1. The van der Waals surface area contributed by atoms with E-state index < -0.39 is 14.3 Å². The van der Waals surface area contributed by atoms with Gasteiger partial charge in [-0.15, -0.1) is 11.3 Å². The highest BCUT2D eigenvalue weighted by molar-refractivity contribution is 7.45. The Morgan fingerprint density at radius 3 is 2.15 bits per heavy atom. The fourth-order valence-electron chi connectivity index (χ4n) is 5.78. The van der Waals surface area contributed by atoms with Crippen LogP contribution in [-0.4, -0.2) is 78.5 Å². The van der Waals surface area contributed by atoms with E-state index in [0.717, 1.165) is 60.9 Å². The van der Waals surface area contributed by atoms with Gasteiger partial charge in [-0.1, -0.05) is 84.9 Å². The second kappa shape index (κ2) is 28.2. The van der Waals surface area contributed by atoms with Crippen LogP contribution in [-0.2, 0) is 9.59 Å². The zero-order valence-electron chi connectivity index (χ0n) is 33.3. The molecular weight excluding hydrogens is 711 g/mol. The van der Waals surface area contributed by atoms with E-state index in [1.807, 2.05) is 57.6 Å². The van der Waals surface area contributed by atoms with Gasteiger partial charge >= 0.3 is 0 Å². The maximum Gasteiger partial charge on any atom is 0.261 e. The molecule has 0 bridgehead atoms.